The Hall–Kier alpha value is -0.930. The second-order valence-electron chi connectivity index (χ2n) is 3.15. The molecule has 0 saturated carbocycles. The normalized spacial score (nSPS) is 12.8. The molecule has 0 saturated heterocycles. The number of halogens is 1. The SMILES string of the molecule is CCCOCC(O)c1cccc(F)c1. The van der Waals surface area contributed by atoms with E-state index in [1.165, 1.54) is 12.1 Å². The molecule has 1 aromatic rings. The van der Waals surface area contributed by atoms with Gasteiger partial charge in [0, 0.05) is 6.61 Å². The third kappa shape index (κ3) is 3.44. The van der Waals surface area contributed by atoms with Crippen molar-refractivity contribution in [3.63, 3.8) is 0 Å². The van der Waals surface area contributed by atoms with E-state index in [2.05, 4.69) is 0 Å². The number of hydrogen-bond acceptors (Lipinski definition) is 2. The standard InChI is InChI=1S/C11H15FO2/c1-2-6-14-8-11(13)9-4-3-5-10(12)7-9/h3-5,7,11,13H,2,6,8H2,1H3. The quantitative estimate of drug-likeness (QED) is 0.735. The smallest absolute Gasteiger partial charge is 0.123 e. The maximum atomic E-state index is 12.8. The molecule has 0 bridgehead atoms. The summed E-state index contributed by atoms with van der Waals surface area (Å²) in [5.74, 6) is -0.336. The summed E-state index contributed by atoms with van der Waals surface area (Å²) in [6.45, 7) is 2.83. The third-order valence-corrected chi connectivity index (χ3v) is 1.86. The van der Waals surface area contributed by atoms with Gasteiger partial charge in [-0.2, -0.15) is 0 Å². The van der Waals surface area contributed by atoms with E-state index in [0.717, 1.165) is 6.42 Å². The van der Waals surface area contributed by atoms with Crippen molar-refractivity contribution >= 4 is 0 Å². The van der Waals surface area contributed by atoms with Gasteiger partial charge in [-0.3, -0.25) is 0 Å². The van der Waals surface area contributed by atoms with Crippen molar-refractivity contribution in [1.82, 2.24) is 0 Å². The van der Waals surface area contributed by atoms with Crippen molar-refractivity contribution in [1.29, 1.82) is 0 Å². The van der Waals surface area contributed by atoms with Gasteiger partial charge in [-0.15, -0.1) is 0 Å². The average molecular weight is 198 g/mol. The number of aliphatic hydroxyl groups is 1. The Bertz CT molecular complexity index is 276. The number of benzene rings is 1. The molecule has 3 heteroatoms. The fourth-order valence-corrected chi connectivity index (χ4v) is 1.15. The van der Waals surface area contributed by atoms with E-state index in [1.54, 1.807) is 12.1 Å². The lowest BCUT2D eigenvalue weighted by Crippen LogP contribution is -2.07. The van der Waals surface area contributed by atoms with Gasteiger partial charge in [0.25, 0.3) is 0 Å². The van der Waals surface area contributed by atoms with Gasteiger partial charge in [-0.05, 0) is 24.1 Å². The zero-order valence-corrected chi connectivity index (χ0v) is 8.24. The zero-order valence-electron chi connectivity index (χ0n) is 8.24. The Balaban J connectivity index is 2.47. The highest BCUT2D eigenvalue weighted by molar-refractivity contribution is 5.18. The summed E-state index contributed by atoms with van der Waals surface area (Å²) < 4.78 is 17.9. The Morgan fingerprint density at radius 1 is 1.50 bits per heavy atom. The predicted molar refractivity (Wildman–Crippen MR) is 52.5 cm³/mol. The Morgan fingerprint density at radius 2 is 2.29 bits per heavy atom. The van der Waals surface area contributed by atoms with E-state index < -0.39 is 6.10 Å². The molecule has 0 aliphatic rings. The Morgan fingerprint density at radius 3 is 2.93 bits per heavy atom. The third-order valence-electron chi connectivity index (χ3n) is 1.86. The van der Waals surface area contributed by atoms with Crippen LogP contribution in [0.2, 0.25) is 0 Å². The first-order chi connectivity index (χ1) is 6.74. The van der Waals surface area contributed by atoms with Crippen molar-refractivity contribution in [2.75, 3.05) is 13.2 Å². The molecule has 1 unspecified atom stereocenters. The molecule has 1 rings (SSSR count). The lowest BCUT2D eigenvalue weighted by atomic mass is 10.1. The van der Waals surface area contributed by atoms with Crippen LogP contribution in [-0.4, -0.2) is 18.3 Å². The largest absolute Gasteiger partial charge is 0.386 e. The minimum absolute atomic E-state index is 0.220. The maximum absolute atomic E-state index is 12.8. The van der Waals surface area contributed by atoms with Gasteiger partial charge in [-0.25, -0.2) is 4.39 Å². The summed E-state index contributed by atoms with van der Waals surface area (Å²) in [5, 5.41) is 9.58. The van der Waals surface area contributed by atoms with Crippen molar-refractivity contribution in [2.45, 2.75) is 19.4 Å². The van der Waals surface area contributed by atoms with Crippen LogP contribution in [0.4, 0.5) is 4.39 Å². The first-order valence-electron chi connectivity index (χ1n) is 4.75. The molecular formula is C11H15FO2. The van der Waals surface area contributed by atoms with E-state index in [4.69, 9.17) is 4.74 Å². The molecule has 0 aliphatic heterocycles. The topological polar surface area (TPSA) is 29.5 Å². The Kier molecular flexibility index (Phi) is 4.56. The Labute approximate surface area is 83.3 Å². The number of hydrogen-bond donors (Lipinski definition) is 1. The molecule has 14 heavy (non-hydrogen) atoms. The van der Waals surface area contributed by atoms with Crippen molar-refractivity contribution < 1.29 is 14.2 Å². The lowest BCUT2D eigenvalue weighted by Gasteiger charge is -2.10. The number of ether oxygens (including phenoxy) is 1. The van der Waals surface area contributed by atoms with Gasteiger partial charge < -0.3 is 9.84 Å². The van der Waals surface area contributed by atoms with E-state index in [1.807, 2.05) is 6.92 Å². The van der Waals surface area contributed by atoms with Crippen molar-refractivity contribution in [2.24, 2.45) is 0 Å². The summed E-state index contributed by atoms with van der Waals surface area (Å²) >= 11 is 0. The first-order valence-corrected chi connectivity index (χ1v) is 4.75. The van der Waals surface area contributed by atoms with Gasteiger partial charge in [0.05, 0.1) is 6.61 Å². The molecule has 0 aromatic heterocycles. The van der Waals surface area contributed by atoms with Crippen LogP contribution in [0, 0.1) is 5.82 Å². The second kappa shape index (κ2) is 5.73. The van der Waals surface area contributed by atoms with E-state index in [-0.39, 0.29) is 12.4 Å². The van der Waals surface area contributed by atoms with Gasteiger partial charge >= 0.3 is 0 Å². The van der Waals surface area contributed by atoms with E-state index >= 15 is 0 Å². The minimum Gasteiger partial charge on any atom is -0.386 e. The summed E-state index contributed by atoms with van der Waals surface area (Å²) in [6.07, 6.45) is 0.174. The first kappa shape index (κ1) is 11.1. The van der Waals surface area contributed by atoms with Crippen LogP contribution < -0.4 is 0 Å². The maximum Gasteiger partial charge on any atom is 0.123 e. The van der Waals surface area contributed by atoms with Crippen LogP contribution in [0.5, 0.6) is 0 Å². The molecule has 1 aromatic carbocycles. The average Bonchev–Trinajstić information content (AvgIpc) is 2.18. The molecule has 0 amide bonds. The molecule has 0 spiro atoms. The fourth-order valence-electron chi connectivity index (χ4n) is 1.15. The summed E-state index contributed by atoms with van der Waals surface area (Å²) in [5.41, 5.74) is 0.557. The van der Waals surface area contributed by atoms with Gasteiger partial charge in [0.15, 0.2) is 0 Å². The van der Waals surface area contributed by atoms with Crippen molar-refractivity contribution in [3.8, 4) is 0 Å². The highest BCUT2D eigenvalue weighted by Gasteiger charge is 2.07. The van der Waals surface area contributed by atoms with Crippen molar-refractivity contribution in [3.05, 3.63) is 35.6 Å². The summed E-state index contributed by atoms with van der Waals surface area (Å²) in [4.78, 5) is 0. The number of rotatable bonds is 5. The molecule has 1 N–H and O–H groups in total. The van der Waals surface area contributed by atoms with Crippen LogP contribution in [0.25, 0.3) is 0 Å². The highest BCUT2D eigenvalue weighted by atomic mass is 19.1. The number of aliphatic hydroxyl groups excluding tert-OH is 1. The van der Waals surface area contributed by atoms with Crippen LogP contribution >= 0.6 is 0 Å². The lowest BCUT2D eigenvalue weighted by molar-refractivity contribution is 0.0362. The predicted octanol–water partition coefficient (Wildman–Crippen LogP) is 2.29. The summed E-state index contributed by atoms with van der Waals surface area (Å²) in [6, 6.07) is 5.93. The molecule has 0 fully saturated rings. The highest BCUT2D eigenvalue weighted by Crippen LogP contribution is 2.14. The summed E-state index contributed by atoms with van der Waals surface area (Å²) in [7, 11) is 0. The fraction of sp³-hybridized carbons (Fsp3) is 0.455. The molecule has 0 aliphatic carbocycles. The zero-order chi connectivity index (χ0) is 10.4. The van der Waals surface area contributed by atoms with Gasteiger partial charge in [0.1, 0.15) is 11.9 Å². The van der Waals surface area contributed by atoms with E-state index in [9.17, 15) is 9.50 Å². The van der Waals surface area contributed by atoms with E-state index in [0.29, 0.717) is 12.2 Å². The minimum atomic E-state index is -0.739. The monoisotopic (exact) mass is 198 g/mol. The van der Waals surface area contributed by atoms with Crippen LogP contribution in [-0.2, 0) is 4.74 Å². The molecule has 2 nitrogen and oxygen atoms in total. The molecule has 0 radical (unpaired) electrons. The van der Waals surface area contributed by atoms with Crippen LogP contribution in [0.3, 0.4) is 0 Å². The molecule has 1 atom stereocenters. The van der Waals surface area contributed by atoms with Gasteiger partial charge in [0.2, 0.25) is 0 Å². The molecule has 0 heterocycles. The molecule has 78 valence electrons. The van der Waals surface area contributed by atoms with Crippen LogP contribution in [0.1, 0.15) is 25.0 Å². The molecular weight excluding hydrogens is 183 g/mol. The van der Waals surface area contributed by atoms with Gasteiger partial charge in [-0.1, -0.05) is 19.1 Å². The second-order valence-corrected chi connectivity index (χ2v) is 3.15. The van der Waals surface area contributed by atoms with Crippen LogP contribution in [0.15, 0.2) is 24.3 Å².